The Hall–Kier alpha value is -2.01. The highest BCUT2D eigenvalue weighted by molar-refractivity contribution is 14.0. The van der Waals surface area contributed by atoms with Crippen LogP contribution in [0.1, 0.15) is 19.0 Å². The number of anilines is 1. The summed E-state index contributed by atoms with van der Waals surface area (Å²) in [5.41, 5.74) is 1.10. The molecule has 1 saturated heterocycles. The van der Waals surface area contributed by atoms with E-state index in [-0.39, 0.29) is 29.9 Å². The molecule has 1 fully saturated rings. The second kappa shape index (κ2) is 12.9. The van der Waals surface area contributed by atoms with Crippen LogP contribution in [0.5, 0.6) is 0 Å². The quantitative estimate of drug-likeness (QED) is 0.314. The lowest BCUT2D eigenvalue weighted by Crippen LogP contribution is -2.49. The van der Waals surface area contributed by atoms with Crippen LogP contribution in [0.25, 0.3) is 0 Å². The van der Waals surface area contributed by atoms with Gasteiger partial charge in [0.05, 0.1) is 18.1 Å². The second-order valence-corrected chi connectivity index (χ2v) is 8.09. The lowest BCUT2D eigenvalue weighted by Gasteiger charge is -2.35. The van der Waals surface area contributed by atoms with Gasteiger partial charge in [0.2, 0.25) is 5.91 Å². The molecular weight excluding hydrogens is 541 g/mol. The molecule has 1 aliphatic rings. The SMILES string of the molecule is CCNC(=NCCC(=O)N1CCN(c2ccccn2)CC1)N(C)Cc1cc(Cl)cn1C.I. The van der Waals surface area contributed by atoms with E-state index in [1.54, 1.807) is 6.20 Å². The number of hydrogen-bond acceptors (Lipinski definition) is 4. The molecule has 0 aliphatic carbocycles. The van der Waals surface area contributed by atoms with Crippen molar-refractivity contribution in [3.8, 4) is 0 Å². The topological polar surface area (TPSA) is 69.0 Å². The van der Waals surface area contributed by atoms with Crippen molar-refractivity contribution in [3.05, 3.63) is 47.4 Å². The molecule has 1 amide bonds. The number of halogens is 2. The summed E-state index contributed by atoms with van der Waals surface area (Å²) >= 11 is 6.09. The Labute approximate surface area is 212 Å². The van der Waals surface area contributed by atoms with E-state index in [0.29, 0.717) is 32.6 Å². The number of aromatic nitrogens is 2. The summed E-state index contributed by atoms with van der Waals surface area (Å²) in [5, 5.41) is 4.02. The van der Waals surface area contributed by atoms with Gasteiger partial charge in [0, 0.05) is 71.3 Å². The maximum absolute atomic E-state index is 12.7. The van der Waals surface area contributed by atoms with Crippen molar-refractivity contribution in [1.29, 1.82) is 0 Å². The van der Waals surface area contributed by atoms with E-state index in [2.05, 4.69) is 20.2 Å². The fourth-order valence-corrected chi connectivity index (χ4v) is 3.92. The first kappa shape index (κ1) is 26.2. The molecule has 32 heavy (non-hydrogen) atoms. The molecule has 0 aromatic carbocycles. The molecule has 0 spiro atoms. The molecule has 1 aliphatic heterocycles. The summed E-state index contributed by atoms with van der Waals surface area (Å²) in [6.45, 7) is 6.97. The molecule has 2 aromatic rings. The zero-order valence-corrected chi connectivity index (χ0v) is 22.1. The monoisotopic (exact) mass is 573 g/mol. The van der Waals surface area contributed by atoms with E-state index in [1.807, 2.05) is 65.8 Å². The zero-order chi connectivity index (χ0) is 22.2. The molecule has 0 atom stereocenters. The Morgan fingerprint density at radius 1 is 1.28 bits per heavy atom. The van der Waals surface area contributed by atoms with Gasteiger partial charge in [-0.05, 0) is 25.1 Å². The lowest BCUT2D eigenvalue weighted by molar-refractivity contribution is -0.131. The summed E-state index contributed by atoms with van der Waals surface area (Å²) < 4.78 is 2.01. The third-order valence-corrected chi connectivity index (χ3v) is 5.57. The number of nitrogens with one attached hydrogen (secondary N) is 1. The van der Waals surface area contributed by atoms with Gasteiger partial charge in [0.15, 0.2) is 5.96 Å². The average molecular weight is 574 g/mol. The van der Waals surface area contributed by atoms with Gasteiger partial charge in [-0.2, -0.15) is 0 Å². The van der Waals surface area contributed by atoms with Gasteiger partial charge in [-0.3, -0.25) is 9.79 Å². The van der Waals surface area contributed by atoms with Gasteiger partial charge in [-0.1, -0.05) is 17.7 Å². The van der Waals surface area contributed by atoms with Crippen LogP contribution in [-0.2, 0) is 18.4 Å². The fourth-order valence-electron chi connectivity index (χ4n) is 3.65. The number of guanidine groups is 1. The standard InChI is InChI=1S/C22H32ClN7O.HI/c1-4-24-22(28(3)17-19-15-18(23)16-27(19)2)26-10-8-21(31)30-13-11-29(12-14-30)20-7-5-6-9-25-20;/h5-7,9,15-16H,4,8,10-14,17H2,1-3H3,(H,24,26);1H. The molecule has 176 valence electrons. The van der Waals surface area contributed by atoms with Crippen molar-refractivity contribution in [1.82, 2.24) is 24.7 Å². The minimum absolute atomic E-state index is 0. The summed E-state index contributed by atoms with van der Waals surface area (Å²) in [6, 6.07) is 7.87. The number of pyridine rings is 1. The molecule has 3 heterocycles. The summed E-state index contributed by atoms with van der Waals surface area (Å²) in [5.74, 6) is 1.90. The van der Waals surface area contributed by atoms with Crippen molar-refractivity contribution in [3.63, 3.8) is 0 Å². The molecule has 0 saturated carbocycles. The van der Waals surface area contributed by atoms with Crippen LogP contribution < -0.4 is 10.2 Å². The molecule has 2 aromatic heterocycles. The van der Waals surface area contributed by atoms with Crippen molar-refractivity contribution in [2.45, 2.75) is 19.9 Å². The normalized spacial score (nSPS) is 14.2. The first-order valence-corrected chi connectivity index (χ1v) is 11.1. The molecule has 8 nitrogen and oxygen atoms in total. The van der Waals surface area contributed by atoms with Crippen molar-refractivity contribution in [2.24, 2.45) is 12.0 Å². The molecular formula is C22H33ClIN7O. The number of amides is 1. The average Bonchev–Trinajstić information content (AvgIpc) is 3.10. The predicted octanol–water partition coefficient (Wildman–Crippen LogP) is 2.83. The summed E-state index contributed by atoms with van der Waals surface area (Å²) in [4.78, 5) is 27.9. The van der Waals surface area contributed by atoms with Gasteiger partial charge in [0.1, 0.15) is 5.82 Å². The van der Waals surface area contributed by atoms with Crippen molar-refractivity contribution >= 4 is 53.3 Å². The lowest BCUT2D eigenvalue weighted by atomic mass is 10.2. The van der Waals surface area contributed by atoms with E-state index in [1.165, 1.54) is 0 Å². The Balaban J connectivity index is 0.00000363. The van der Waals surface area contributed by atoms with Crippen molar-refractivity contribution < 1.29 is 4.79 Å². The van der Waals surface area contributed by atoms with Crippen LogP contribution >= 0.6 is 35.6 Å². The molecule has 0 radical (unpaired) electrons. The summed E-state index contributed by atoms with van der Waals surface area (Å²) in [6.07, 6.45) is 4.10. The van der Waals surface area contributed by atoms with Gasteiger partial charge in [-0.25, -0.2) is 4.98 Å². The number of aryl methyl sites for hydroxylation is 1. The first-order valence-electron chi connectivity index (χ1n) is 10.7. The van der Waals surface area contributed by atoms with E-state index < -0.39 is 0 Å². The van der Waals surface area contributed by atoms with Gasteiger partial charge in [-0.15, -0.1) is 24.0 Å². The Morgan fingerprint density at radius 3 is 2.62 bits per heavy atom. The molecule has 1 N–H and O–H groups in total. The van der Waals surface area contributed by atoms with E-state index in [9.17, 15) is 4.79 Å². The zero-order valence-electron chi connectivity index (χ0n) is 19.0. The highest BCUT2D eigenvalue weighted by atomic mass is 127. The minimum atomic E-state index is 0. The van der Waals surface area contributed by atoms with Crippen LogP contribution in [0.2, 0.25) is 5.02 Å². The van der Waals surface area contributed by atoms with E-state index in [0.717, 1.165) is 42.1 Å². The molecule has 3 rings (SSSR count). The number of carbonyl (C=O) groups excluding carboxylic acids is 1. The third kappa shape index (κ3) is 7.26. The number of aliphatic imine (C=N–C) groups is 1. The predicted molar refractivity (Wildman–Crippen MR) is 141 cm³/mol. The number of piperazine rings is 1. The van der Waals surface area contributed by atoms with Crippen LogP contribution in [0, 0.1) is 0 Å². The van der Waals surface area contributed by atoms with Gasteiger partial charge in [0.25, 0.3) is 0 Å². The number of nitrogens with zero attached hydrogens (tertiary/aromatic N) is 6. The van der Waals surface area contributed by atoms with Gasteiger partial charge < -0.3 is 24.6 Å². The largest absolute Gasteiger partial charge is 0.357 e. The number of hydrogen-bond donors (Lipinski definition) is 1. The number of rotatable bonds is 7. The Bertz CT molecular complexity index is 882. The highest BCUT2D eigenvalue weighted by Gasteiger charge is 2.21. The number of carbonyl (C=O) groups is 1. The summed E-state index contributed by atoms with van der Waals surface area (Å²) in [7, 11) is 3.96. The van der Waals surface area contributed by atoms with Crippen LogP contribution in [0.4, 0.5) is 5.82 Å². The van der Waals surface area contributed by atoms with E-state index in [4.69, 9.17) is 11.6 Å². The Morgan fingerprint density at radius 2 is 2.03 bits per heavy atom. The fraction of sp³-hybridized carbons (Fsp3) is 0.500. The van der Waals surface area contributed by atoms with Crippen LogP contribution in [0.3, 0.4) is 0 Å². The Kier molecular flexibility index (Phi) is 10.6. The van der Waals surface area contributed by atoms with Crippen molar-refractivity contribution in [2.75, 3.05) is 51.2 Å². The van der Waals surface area contributed by atoms with Gasteiger partial charge >= 0.3 is 0 Å². The highest BCUT2D eigenvalue weighted by Crippen LogP contribution is 2.15. The molecule has 0 unspecified atom stereocenters. The second-order valence-electron chi connectivity index (χ2n) is 7.66. The van der Waals surface area contributed by atoms with Crippen LogP contribution in [0.15, 0.2) is 41.7 Å². The maximum atomic E-state index is 12.7. The maximum Gasteiger partial charge on any atom is 0.224 e. The first-order chi connectivity index (χ1) is 15.0. The third-order valence-electron chi connectivity index (χ3n) is 5.36. The minimum Gasteiger partial charge on any atom is -0.357 e. The molecule has 10 heteroatoms. The molecule has 0 bridgehead atoms. The van der Waals surface area contributed by atoms with Crippen LogP contribution in [-0.4, -0.2) is 77.5 Å². The smallest absolute Gasteiger partial charge is 0.224 e. The van der Waals surface area contributed by atoms with E-state index >= 15 is 0 Å².